The number of hydrogen-bond donors (Lipinski definition) is 1. The SMILES string of the molecule is C[C@@H](CO)[C@H](OC(=O)N1C(C)(C)COC1(C)C)C1CCCN1Cc1ccccc1. The minimum absolute atomic E-state index is 0.0170. The Morgan fingerprint density at radius 3 is 2.55 bits per heavy atom. The second-order valence-corrected chi connectivity index (χ2v) is 9.56. The van der Waals surface area contributed by atoms with E-state index in [-0.39, 0.29) is 30.8 Å². The first-order chi connectivity index (χ1) is 13.7. The highest BCUT2D eigenvalue weighted by Crippen LogP contribution is 2.36. The lowest BCUT2D eigenvalue weighted by Gasteiger charge is -2.40. The van der Waals surface area contributed by atoms with Crippen molar-refractivity contribution >= 4 is 6.09 Å². The van der Waals surface area contributed by atoms with Crippen molar-refractivity contribution in [3.8, 4) is 0 Å². The average molecular weight is 405 g/mol. The molecule has 1 unspecified atom stereocenters. The second-order valence-electron chi connectivity index (χ2n) is 9.56. The Morgan fingerprint density at radius 1 is 1.28 bits per heavy atom. The first kappa shape index (κ1) is 22.1. The van der Waals surface area contributed by atoms with Crippen LogP contribution in [0.1, 0.15) is 53.0 Å². The maximum absolute atomic E-state index is 13.3. The summed E-state index contributed by atoms with van der Waals surface area (Å²) in [4.78, 5) is 17.3. The van der Waals surface area contributed by atoms with E-state index >= 15 is 0 Å². The number of carbonyl (C=O) groups is 1. The second kappa shape index (κ2) is 8.62. The number of hydrogen-bond acceptors (Lipinski definition) is 5. The molecule has 2 fully saturated rings. The lowest BCUT2D eigenvalue weighted by atomic mass is 9.96. The highest BCUT2D eigenvalue weighted by Gasteiger charge is 2.51. The third-order valence-corrected chi connectivity index (χ3v) is 6.21. The Labute approximate surface area is 174 Å². The molecule has 2 aliphatic rings. The molecule has 0 bridgehead atoms. The fourth-order valence-corrected chi connectivity index (χ4v) is 4.76. The van der Waals surface area contributed by atoms with Gasteiger partial charge in [-0.1, -0.05) is 37.3 Å². The number of aliphatic hydroxyl groups is 1. The van der Waals surface area contributed by atoms with E-state index in [1.165, 1.54) is 5.56 Å². The Hall–Kier alpha value is -1.63. The third kappa shape index (κ3) is 4.76. The third-order valence-electron chi connectivity index (χ3n) is 6.21. The van der Waals surface area contributed by atoms with E-state index in [4.69, 9.17) is 9.47 Å². The summed E-state index contributed by atoms with van der Waals surface area (Å²) in [7, 11) is 0. The standard InChI is InChI=1S/C23H36N2O4/c1-17(15-26)20(29-21(27)25-22(2,3)16-28-23(25,4)5)19-12-9-13-24(19)14-18-10-7-6-8-11-18/h6-8,10-11,17,19-20,26H,9,12-16H2,1-5H3/t17-,19?,20-/m0/s1. The summed E-state index contributed by atoms with van der Waals surface area (Å²) < 4.78 is 12.0. The summed E-state index contributed by atoms with van der Waals surface area (Å²) in [6.45, 7) is 12.0. The molecule has 0 saturated carbocycles. The Kier molecular flexibility index (Phi) is 6.56. The van der Waals surface area contributed by atoms with Gasteiger partial charge in [0.25, 0.3) is 0 Å². The number of amides is 1. The molecule has 29 heavy (non-hydrogen) atoms. The Morgan fingerprint density at radius 2 is 1.97 bits per heavy atom. The molecule has 2 saturated heterocycles. The average Bonchev–Trinajstić information content (AvgIpc) is 3.20. The van der Waals surface area contributed by atoms with Gasteiger partial charge in [-0.05, 0) is 52.6 Å². The molecule has 2 aliphatic heterocycles. The largest absolute Gasteiger partial charge is 0.444 e. The lowest BCUT2D eigenvalue weighted by molar-refractivity contribution is -0.0749. The van der Waals surface area contributed by atoms with Crippen LogP contribution in [0.4, 0.5) is 4.79 Å². The molecule has 1 amide bonds. The van der Waals surface area contributed by atoms with Crippen molar-refractivity contribution in [3.63, 3.8) is 0 Å². The van der Waals surface area contributed by atoms with Gasteiger partial charge in [0.2, 0.25) is 0 Å². The summed E-state index contributed by atoms with van der Waals surface area (Å²) >= 11 is 0. The summed E-state index contributed by atoms with van der Waals surface area (Å²) in [5.41, 5.74) is 0.0938. The van der Waals surface area contributed by atoms with Crippen LogP contribution in [-0.4, -0.2) is 64.2 Å². The monoisotopic (exact) mass is 404 g/mol. The molecule has 0 spiro atoms. The quantitative estimate of drug-likeness (QED) is 0.784. The minimum atomic E-state index is -0.715. The van der Waals surface area contributed by atoms with Gasteiger partial charge in [-0.15, -0.1) is 0 Å². The smallest absolute Gasteiger partial charge is 0.412 e. The zero-order valence-electron chi connectivity index (χ0n) is 18.4. The van der Waals surface area contributed by atoms with Crippen LogP contribution in [0.5, 0.6) is 0 Å². The fraction of sp³-hybridized carbons (Fsp3) is 0.696. The number of benzene rings is 1. The molecular weight excluding hydrogens is 368 g/mol. The maximum atomic E-state index is 13.3. The molecule has 0 aromatic heterocycles. The Bertz CT molecular complexity index is 675. The van der Waals surface area contributed by atoms with Gasteiger partial charge in [-0.3, -0.25) is 9.80 Å². The molecule has 1 N–H and O–H groups in total. The van der Waals surface area contributed by atoms with Crippen molar-refractivity contribution in [2.75, 3.05) is 19.8 Å². The van der Waals surface area contributed by atoms with Crippen LogP contribution >= 0.6 is 0 Å². The molecule has 3 rings (SSSR count). The number of aliphatic hydroxyl groups excluding tert-OH is 1. The van der Waals surface area contributed by atoms with Crippen molar-refractivity contribution < 1.29 is 19.4 Å². The van der Waals surface area contributed by atoms with Gasteiger partial charge in [0, 0.05) is 25.1 Å². The predicted octanol–water partition coefficient (Wildman–Crippen LogP) is 3.63. The fourth-order valence-electron chi connectivity index (χ4n) is 4.76. The van der Waals surface area contributed by atoms with Crippen LogP contribution in [0.3, 0.4) is 0 Å². The topological polar surface area (TPSA) is 62.2 Å². The van der Waals surface area contributed by atoms with E-state index < -0.39 is 11.3 Å². The zero-order chi connectivity index (χ0) is 21.2. The normalized spacial score (nSPS) is 25.7. The van der Waals surface area contributed by atoms with E-state index in [0.717, 1.165) is 25.9 Å². The molecule has 1 aromatic carbocycles. The van der Waals surface area contributed by atoms with Gasteiger partial charge in [0.1, 0.15) is 11.8 Å². The van der Waals surface area contributed by atoms with Crippen molar-refractivity contribution in [1.82, 2.24) is 9.80 Å². The number of rotatable bonds is 6. The van der Waals surface area contributed by atoms with Gasteiger partial charge >= 0.3 is 6.09 Å². The van der Waals surface area contributed by atoms with E-state index in [1.54, 1.807) is 4.90 Å². The van der Waals surface area contributed by atoms with Gasteiger partial charge < -0.3 is 14.6 Å². The number of nitrogens with zero attached hydrogens (tertiary/aromatic N) is 2. The molecule has 6 heteroatoms. The van der Waals surface area contributed by atoms with Crippen LogP contribution < -0.4 is 0 Å². The molecule has 3 atom stereocenters. The molecule has 2 heterocycles. The van der Waals surface area contributed by atoms with Crippen LogP contribution in [-0.2, 0) is 16.0 Å². The van der Waals surface area contributed by atoms with Crippen LogP contribution in [0.25, 0.3) is 0 Å². The van der Waals surface area contributed by atoms with E-state index in [0.29, 0.717) is 6.61 Å². The summed E-state index contributed by atoms with van der Waals surface area (Å²) in [5.74, 6) is -0.143. The lowest BCUT2D eigenvalue weighted by Crippen LogP contribution is -2.55. The van der Waals surface area contributed by atoms with Crippen LogP contribution in [0, 0.1) is 5.92 Å². The number of ether oxygens (including phenoxy) is 2. The molecule has 0 aliphatic carbocycles. The first-order valence-corrected chi connectivity index (χ1v) is 10.7. The first-order valence-electron chi connectivity index (χ1n) is 10.7. The van der Waals surface area contributed by atoms with E-state index in [9.17, 15) is 9.90 Å². The zero-order valence-corrected chi connectivity index (χ0v) is 18.4. The summed E-state index contributed by atoms with van der Waals surface area (Å²) in [6, 6.07) is 10.5. The van der Waals surface area contributed by atoms with Crippen molar-refractivity contribution in [3.05, 3.63) is 35.9 Å². The molecule has 1 aromatic rings. The van der Waals surface area contributed by atoms with Crippen molar-refractivity contribution in [2.24, 2.45) is 5.92 Å². The highest BCUT2D eigenvalue weighted by atomic mass is 16.6. The van der Waals surface area contributed by atoms with Gasteiger partial charge in [-0.25, -0.2) is 4.79 Å². The molecular formula is C23H36N2O4. The number of carbonyl (C=O) groups excluding carboxylic acids is 1. The molecule has 162 valence electrons. The van der Waals surface area contributed by atoms with Crippen LogP contribution in [0.15, 0.2) is 30.3 Å². The minimum Gasteiger partial charge on any atom is -0.444 e. The van der Waals surface area contributed by atoms with Gasteiger partial charge in [0.15, 0.2) is 0 Å². The summed E-state index contributed by atoms with van der Waals surface area (Å²) in [5, 5.41) is 9.88. The molecule has 0 radical (unpaired) electrons. The van der Waals surface area contributed by atoms with Gasteiger partial charge in [-0.2, -0.15) is 0 Å². The summed E-state index contributed by atoms with van der Waals surface area (Å²) in [6.07, 6.45) is 1.28. The molecule has 6 nitrogen and oxygen atoms in total. The van der Waals surface area contributed by atoms with Crippen molar-refractivity contribution in [2.45, 2.75) is 77.4 Å². The van der Waals surface area contributed by atoms with E-state index in [2.05, 4.69) is 17.0 Å². The maximum Gasteiger partial charge on any atom is 0.412 e. The number of likely N-dealkylation sites (tertiary alicyclic amines) is 1. The van der Waals surface area contributed by atoms with Crippen LogP contribution in [0.2, 0.25) is 0 Å². The van der Waals surface area contributed by atoms with Crippen molar-refractivity contribution in [1.29, 1.82) is 0 Å². The van der Waals surface area contributed by atoms with Gasteiger partial charge in [0.05, 0.1) is 12.1 Å². The highest BCUT2D eigenvalue weighted by molar-refractivity contribution is 5.70. The Balaban J connectivity index is 1.78. The predicted molar refractivity (Wildman–Crippen MR) is 112 cm³/mol. The van der Waals surface area contributed by atoms with E-state index in [1.807, 2.05) is 52.8 Å².